The molecule has 0 radical (unpaired) electrons. The van der Waals surface area contributed by atoms with Crippen LogP contribution in [0.2, 0.25) is 0 Å². The summed E-state index contributed by atoms with van der Waals surface area (Å²) in [4.78, 5) is 12.2. The Labute approximate surface area is 145 Å². The van der Waals surface area contributed by atoms with E-state index in [4.69, 9.17) is 5.73 Å². The number of carbonyl (C=O) groups is 1. The molecule has 0 spiro atoms. The van der Waals surface area contributed by atoms with Gasteiger partial charge in [0.1, 0.15) is 6.26 Å². The highest BCUT2D eigenvalue weighted by Crippen LogP contribution is 2.43. The Bertz CT molecular complexity index is 848. The van der Waals surface area contributed by atoms with E-state index in [1.807, 2.05) is 49.4 Å². The van der Waals surface area contributed by atoms with Gasteiger partial charge in [-0.25, -0.2) is 0 Å². The van der Waals surface area contributed by atoms with E-state index >= 15 is 0 Å². The Morgan fingerprint density at radius 3 is 2.33 bits per heavy atom. The summed E-state index contributed by atoms with van der Waals surface area (Å²) >= 11 is -0.978. The van der Waals surface area contributed by atoms with Gasteiger partial charge in [0.15, 0.2) is 4.90 Å². The van der Waals surface area contributed by atoms with Crippen molar-refractivity contribution in [3.05, 3.63) is 70.8 Å². The van der Waals surface area contributed by atoms with Crippen LogP contribution in [0.4, 0.5) is 0 Å². The molecule has 0 bridgehead atoms. The Balaban J connectivity index is 2.06. The summed E-state index contributed by atoms with van der Waals surface area (Å²) in [6.07, 6.45) is 4.02. The second-order valence-corrected chi connectivity index (χ2v) is 7.25. The normalized spacial score (nSPS) is 16.4. The molecule has 0 heterocycles. The van der Waals surface area contributed by atoms with Gasteiger partial charge in [0.2, 0.25) is 5.91 Å². The lowest BCUT2D eigenvalue weighted by atomic mass is 10.0. The van der Waals surface area contributed by atoms with E-state index in [0.717, 1.165) is 38.3 Å². The fraction of sp³-hybridized carbons (Fsp3) is 0.150. The third kappa shape index (κ3) is 3.16. The lowest BCUT2D eigenvalue weighted by Gasteiger charge is -2.06. The Morgan fingerprint density at radius 1 is 1.12 bits per heavy atom. The topological polar surface area (TPSA) is 66.2 Å². The lowest BCUT2D eigenvalue weighted by Crippen LogP contribution is -2.10. The quantitative estimate of drug-likeness (QED) is 0.866. The van der Waals surface area contributed by atoms with E-state index in [0.29, 0.717) is 0 Å². The van der Waals surface area contributed by atoms with Gasteiger partial charge in [-0.1, -0.05) is 24.3 Å². The Kier molecular flexibility index (Phi) is 4.60. The van der Waals surface area contributed by atoms with Crippen LogP contribution in [-0.4, -0.2) is 16.7 Å². The molecule has 2 N–H and O–H groups in total. The number of allylic oxidation sites excluding steroid dienone is 2. The summed E-state index contributed by atoms with van der Waals surface area (Å²) in [6.45, 7) is 2.03. The summed E-state index contributed by atoms with van der Waals surface area (Å²) in [5.74, 6) is -0.324. The maximum atomic E-state index is 11.5. The van der Waals surface area contributed by atoms with E-state index in [1.54, 1.807) is 6.26 Å². The second-order valence-electron chi connectivity index (χ2n) is 5.87. The number of amides is 1. The molecule has 122 valence electrons. The first-order valence-electron chi connectivity index (χ1n) is 7.71. The minimum absolute atomic E-state index is 0.244. The van der Waals surface area contributed by atoms with Crippen molar-refractivity contribution >= 4 is 34.3 Å². The first-order chi connectivity index (χ1) is 11.5. The van der Waals surface area contributed by atoms with E-state index in [2.05, 4.69) is 12.1 Å². The summed E-state index contributed by atoms with van der Waals surface area (Å²) in [7, 11) is 0. The minimum atomic E-state index is -0.978. The Morgan fingerprint density at radius 2 is 1.75 bits per heavy atom. The van der Waals surface area contributed by atoms with Crippen molar-refractivity contribution in [1.82, 2.24) is 0 Å². The average molecular weight is 337 g/mol. The number of rotatable bonds is 4. The van der Waals surface area contributed by atoms with E-state index in [-0.39, 0.29) is 12.3 Å². The van der Waals surface area contributed by atoms with Crippen LogP contribution in [0.15, 0.2) is 59.0 Å². The SMILES string of the molecule is CC1=C(CC(N)=O)c2ccccc2C1=Cc1ccc([S+](C)[O-])cc1. The molecular formula is C20H19NO2S. The highest BCUT2D eigenvalue weighted by Gasteiger charge is 2.24. The second kappa shape index (κ2) is 6.67. The zero-order chi connectivity index (χ0) is 17.3. The molecule has 4 heteroatoms. The van der Waals surface area contributed by atoms with Gasteiger partial charge in [0, 0.05) is 0 Å². The number of carbonyl (C=O) groups excluding carboxylic acids is 1. The van der Waals surface area contributed by atoms with Crippen LogP contribution >= 0.6 is 0 Å². The third-order valence-corrected chi connectivity index (χ3v) is 5.21. The standard InChI is InChI=1S/C20H19NO2S/c1-13-18(11-14-7-9-15(10-8-14)24(2)23)16-5-3-4-6-17(16)19(13)12-20(21)22/h3-11H,12H2,1-2H3,(H2,21,22). The largest absolute Gasteiger partial charge is 0.612 e. The fourth-order valence-corrected chi connectivity index (χ4v) is 3.58. The predicted octanol–water partition coefficient (Wildman–Crippen LogP) is 3.63. The van der Waals surface area contributed by atoms with Crippen LogP contribution < -0.4 is 5.73 Å². The number of hydrogen-bond donors (Lipinski definition) is 1. The highest BCUT2D eigenvalue weighted by molar-refractivity contribution is 7.90. The molecule has 1 aliphatic rings. The molecule has 2 aromatic rings. The number of hydrogen-bond acceptors (Lipinski definition) is 2. The molecule has 3 nitrogen and oxygen atoms in total. The molecule has 0 fully saturated rings. The monoisotopic (exact) mass is 337 g/mol. The van der Waals surface area contributed by atoms with E-state index < -0.39 is 11.2 Å². The molecule has 0 aromatic heterocycles. The van der Waals surface area contributed by atoms with E-state index in [1.165, 1.54) is 0 Å². The number of benzene rings is 2. The first kappa shape index (κ1) is 16.6. The fourth-order valence-electron chi connectivity index (χ4n) is 3.06. The van der Waals surface area contributed by atoms with Gasteiger partial charge in [-0.3, -0.25) is 4.79 Å². The summed E-state index contributed by atoms with van der Waals surface area (Å²) in [5, 5.41) is 0. The molecule has 0 saturated carbocycles. The smallest absolute Gasteiger partial charge is 0.221 e. The van der Waals surface area contributed by atoms with Crippen LogP contribution in [0.25, 0.3) is 17.2 Å². The molecule has 3 rings (SSSR count). The lowest BCUT2D eigenvalue weighted by molar-refractivity contribution is -0.117. The zero-order valence-corrected chi connectivity index (χ0v) is 14.5. The van der Waals surface area contributed by atoms with Crippen molar-refractivity contribution in [2.45, 2.75) is 18.2 Å². The van der Waals surface area contributed by atoms with Crippen molar-refractivity contribution in [2.24, 2.45) is 5.73 Å². The minimum Gasteiger partial charge on any atom is -0.612 e. The highest BCUT2D eigenvalue weighted by atomic mass is 32.2. The maximum Gasteiger partial charge on any atom is 0.221 e. The molecule has 2 aromatic carbocycles. The van der Waals surface area contributed by atoms with Crippen LogP contribution in [0.3, 0.4) is 0 Å². The summed E-state index contributed by atoms with van der Waals surface area (Å²) in [6, 6.07) is 15.8. The Hall–Kier alpha value is -2.30. The van der Waals surface area contributed by atoms with Crippen LogP contribution in [-0.2, 0) is 16.0 Å². The third-order valence-electron chi connectivity index (χ3n) is 4.27. The number of nitrogens with two attached hydrogens (primary N) is 1. The molecule has 1 amide bonds. The summed E-state index contributed by atoms with van der Waals surface area (Å²) < 4.78 is 11.5. The molecular weight excluding hydrogens is 318 g/mol. The molecule has 1 aliphatic carbocycles. The van der Waals surface area contributed by atoms with E-state index in [9.17, 15) is 9.35 Å². The van der Waals surface area contributed by atoms with Gasteiger partial charge >= 0.3 is 0 Å². The first-order valence-corrected chi connectivity index (χ1v) is 9.26. The molecule has 1 atom stereocenters. The zero-order valence-electron chi connectivity index (χ0n) is 13.7. The van der Waals surface area contributed by atoms with Crippen molar-refractivity contribution in [1.29, 1.82) is 0 Å². The molecule has 0 saturated heterocycles. The molecule has 1 unspecified atom stereocenters. The number of fused-ring (bicyclic) bond motifs is 1. The maximum absolute atomic E-state index is 11.5. The molecule has 0 aliphatic heterocycles. The van der Waals surface area contributed by atoms with Gasteiger partial charge in [-0.2, -0.15) is 0 Å². The summed E-state index contributed by atoms with van der Waals surface area (Å²) in [5.41, 5.74) is 11.8. The average Bonchev–Trinajstić information content (AvgIpc) is 2.81. The predicted molar refractivity (Wildman–Crippen MR) is 99.5 cm³/mol. The van der Waals surface area contributed by atoms with Crippen molar-refractivity contribution in [2.75, 3.05) is 6.26 Å². The van der Waals surface area contributed by atoms with Crippen LogP contribution in [0, 0.1) is 0 Å². The van der Waals surface area contributed by atoms with Gasteiger partial charge < -0.3 is 10.3 Å². The van der Waals surface area contributed by atoms with Crippen molar-refractivity contribution in [3.63, 3.8) is 0 Å². The van der Waals surface area contributed by atoms with Gasteiger partial charge in [0.05, 0.1) is 6.42 Å². The number of primary amides is 1. The van der Waals surface area contributed by atoms with Crippen LogP contribution in [0.5, 0.6) is 0 Å². The molecule has 24 heavy (non-hydrogen) atoms. The van der Waals surface area contributed by atoms with Crippen molar-refractivity contribution in [3.8, 4) is 0 Å². The van der Waals surface area contributed by atoms with Gasteiger partial charge in [-0.15, -0.1) is 0 Å². The van der Waals surface area contributed by atoms with Crippen LogP contribution in [0.1, 0.15) is 30.0 Å². The van der Waals surface area contributed by atoms with Gasteiger partial charge in [0.25, 0.3) is 0 Å². The van der Waals surface area contributed by atoms with Crippen molar-refractivity contribution < 1.29 is 9.35 Å². The van der Waals surface area contributed by atoms with Gasteiger partial charge in [-0.05, 0) is 81.9 Å².